The second kappa shape index (κ2) is 11.7. The van der Waals surface area contributed by atoms with Gasteiger partial charge >= 0.3 is 0 Å². The van der Waals surface area contributed by atoms with Gasteiger partial charge in [-0.3, -0.25) is 19.3 Å². The number of primary amides is 1. The Bertz CT molecular complexity index is 1350. The average Bonchev–Trinajstić information content (AvgIpc) is 2.91. The van der Waals surface area contributed by atoms with Crippen molar-refractivity contribution >= 4 is 38.8 Å². The SMILES string of the molecule is CC(CCO)NCc1cc(N(C)C)c2c(c1O)C(O)=C1C(=O)[C@]3(O)C(O)=C(C(N)=O)C(=O)[C@H](N(C)C)[C@@H]3C[C@@H]1C2.[2H]P. The predicted octanol–water partition coefficient (Wildman–Crippen LogP) is -0.0514. The molecule has 0 aromatic heterocycles. The molecule has 1 amide bonds. The van der Waals surface area contributed by atoms with E-state index in [9.17, 15) is 39.9 Å². The van der Waals surface area contributed by atoms with Crippen LogP contribution in [0.3, 0.4) is 0 Å². The summed E-state index contributed by atoms with van der Waals surface area (Å²) in [6.07, 6.45) is 0.740. The molecule has 1 saturated carbocycles. The monoisotopic (exact) mass is 593 g/mol. The van der Waals surface area contributed by atoms with Gasteiger partial charge in [-0.25, -0.2) is 0 Å². The van der Waals surface area contributed by atoms with E-state index < -0.39 is 58.0 Å². The summed E-state index contributed by atoms with van der Waals surface area (Å²) >= 11 is 0. The lowest BCUT2D eigenvalue weighted by Crippen LogP contribution is -2.65. The van der Waals surface area contributed by atoms with Gasteiger partial charge in [0.25, 0.3) is 5.91 Å². The molecule has 0 heterocycles. The number of likely N-dealkylation sites (N-methyl/N-ethyl adjacent to an activating group) is 1. The van der Waals surface area contributed by atoms with E-state index in [1.54, 1.807) is 30.0 Å². The molecule has 226 valence electrons. The van der Waals surface area contributed by atoms with Gasteiger partial charge in [-0.1, -0.05) is 0 Å². The van der Waals surface area contributed by atoms with Crippen molar-refractivity contribution in [3.63, 3.8) is 0 Å². The third-order valence-electron chi connectivity index (χ3n) is 8.46. The van der Waals surface area contributed by atoms with Gasteiger partial charge in [0, 0.05) is 56.0 Å². The van der Waals surface area contributed by atoms with E-state index in [0.717, 1.165) is 0 Å². The summed E-state index contributed by atoms with van der Waals surface area (Å²) in [7, 11) is 8.42. The van der Waals surface area contributed by atoms with Crippen LogP contribution in [0.4, 0.5) is 5.69 Å². The number of aromatic hydroxyl groups is 1. The van der Waals surface area contributed by atoms with Crippen LogP contribution in [0, 0.1) is 11.8 Å². The molecule has 41 heavy (non-hydrogen) atoms. The Labute approximate surface area is 243 Å². The number of fused-ring (bicyclic) bond motifs is 3. The number of amides is 1. The van der Waals surface area contributed by atoms with Crippen LogP contribution in [0.1, 0.15) is 36.5 Å². The standard InChI is InChI=1S/C28H38N4O8.H3P/c1-12(6-7-33)30-11-14-10-17(31(2)3)15-8-13-9-16-21(32(4)5)24(36)20(27(29)39)26(38)28(16,40)25(37)18(13)23(35)19(15)22(14)34;/h10,12-13,16,21,30,33-35,38,40H,6-9,11H2,1-5H3,(H2,29,39);1H3/t12?,13-,16-,21+,28-;/m0./s1/i;1D. The normalized spacial score (nSPS) is 26.5. The maximum Gasteiger partial charge on any atom is 0.255 e. The number of aliphatic hydroxyl groups excluding tert-OH is 3. The molecule has 4 rings (SSSR count). The lowest BCUT2D eigenvalue weighted by atomic mass is 9.57. The number of phenols is 1. The number of carbonyl (C=O) groups is 3. The van der Waals surface area contributed by atoms with Crippen LogP contribution in [0.5, 0.6) is 5.75 Å². The molecule has 0 saturated heterocycles. The minimum atomic E-state index is -2.68. The van der Waals surface area contributed by atoms with Crippen LogP contribution in [0.15, 0.2) is 23.0 Å². The zero-order valence-electron chi connectivity index (χ0n) is 24.9. The molecule has 2 unspecified atom stereocenters. The molecule has 1 aromatic carbocycles. The summed E-state index contributed by atoms with van der Waals surface area (Å²) in [6.45, 7) is 2.09. The Morgan fingerprint density at radius 2 is 1.88 bits per heavy atom. The summed E-state index contributed by atoms with van der Waals surface area (Å²) in [4.78, 5) is 42.7. The Kier molecular flexibility index (Phi) is 8.82. The smallest absolute Gasteiger partial charge is 0.255 e. The van der Waals surface area contributed by atoms with Crippen molar-refractivity contribution in [1.82, 2.24) is 10.2 Å². The quantitative estimate of drug-likeness (QED) is 0.158. The fourth-order valence-corrected chi connectivity index (χ4v) is 6.46. The lowest BCUT2D eigenvalue weighted by Gasteiger charge is -2.50. The third-order valence-corrected chi connectivity index (χ3v) is 8.46. The molecule has 0 spiro atoms. The van der Waals surface area contributed by atoms with E-state index in [4.69, 9.17) is 7.01 Å². The van der Waals surface area contributed by atoms with Gasteiger partial charge in [-0.05, 0) is 57.8 Å². The second-order valence-electron chi connectivity index (χ2n) is 11.4. The number of rotatable bonds is 8. The number of nitrogens with two attached hydrogens (primary N) is 1. The number of nitrogens with one attached hydrogen (secondary N) is 1. The van der Waals surface area contributed by atoms with Crippen LogP contribution in [-0.4, -0.2) is 102 Å². The minimum absolute atomic E-state index is 0.00733. The van der Waals surface area contributed by atoms with Crippen molar-refractivity contribution < 1.29 is 39.9 Å². The molecule has 6 atom stereocenters. The number of phenolic OH excluding ortho intramolecular Hbond substituents is 1. The largest absolute Gasteiger partial charge is 0.508 e. The average molecular weight is 594 g/mol. The zero-order chi connectivity index (χ0) is 31.8. The van der Waals surface area contributed by atoms with Gasteiger partial charge in [0.15, 0.2) is 11.4 Å². The van der Waals surface area contributed by atoms with E-state index in [2.05, 4.69) is 5.32 Å². The third kappa shape index (κ3) is 5.02. The molecule has 1 aromatic rings. The maximum atomic E-state index is 14.0. The first-order valence-corrected chi connectivity index (χ1v) is 13.2. The lowest BCUT2D eigenvalue weighted by molar-refractivity contribution is -0.153. The summed E-state index contributed by atoms with van der Waals surface area (Å²) < 4.78 is 5.67. The first-order chi connectivity index (χ1) is 19.7. The molecule has 0 bridgehead atoms. The highest BCUT2D eigenvalue weighted by Gasteiger charge is 2.64. The number of Topliss-reactive ketones (excluding diaryl/α,β-unsaturated/α-hetero) is 2. The first-order valence-electron chi connectivity index (χ1n) is 13.8. The zero-order valence-corrected chi connectivity index (χ0v) is 25.1. The maximum absolute atomic E-state index is 14.0. The number of ketones is 2. The molecule has 13 heteroatoms. The Morgan fingerprint density at radius 1 is 1.24 bits per heavy atom. The molecule has 8 N–H and O–H groups in total. The highest BCUT2D eigenvalue weighted by Crippen LogP contribution is 2.54. The Morgan fingerprint density at radius 3 is 2.41 bits per heavy atom. The molecule has 0 radical (unpaired) electrons. The number of hydrogen-bond donors (Lipinski definition) is 7. The summed E-state index contributed by atoms with van der Waals surface area (Å²) in [5.74, 6) is -6.75. The number of aliphatic hydroxyl groups is 4. The highest BCUT2D eigenvalue weighted by molar-refractivity contribution is 6.92. The summed E-state index contributed by atoms with van der Waals surface area (Å²) in [5, 5.41) is 58.0. The van der Waals surface area contributed by atoms with Gasteiger partial charge in [0.05, 0.1) is 12.9 Å². The minimum Gasteiger partial charge on any atom is -0.508 e. The van der Waals surface area contributed by atoms with Crippen molar-refractivity contribution in [2.45, 2.75) is 50.4 Å². The van der Waals surface area contributed by atoms with Crippen LogP contribution < -0.4 is 16.0 Å². The van der Waals surface area contributed by atoms with Crippen LogP contribution in [0.25, 0.3) is 5.76 Å². The fraction of sp³-hybridized carbons (Fsp3) is 0.536. The Balaban J connectivity index is 0.00000237. The number of nitrogens with zero attached hydrogens (tertiary/aromatic N) is 2. The van der Waals surface area contributed by atoms with E-state index in [-0.39, 0.29) is 48.9 Å². The van der Waals surface area contributed by atoms with Crippen molar-refractivity contribution in [2.24, 2.45) is 17.6 Å². The molecular weight excluding hydrogens is 551 g/mol. The van der Waals surface area contributed by atoms with E-state index in [1.807, 2.05) is 25.9 Å². The highest BCUT2D eigenvalue weighted by atomic mass is 31.0. The van der Waals surface area contributed by atoms with Gasteiger partial charge in [0.1, 0.15) is 22.8 Å². The summed E-state index contributed by atoms with van der Waals surface area (Å²) in [6, 6.07) is 0.610. The van der Waals surface area contributed by atoms with Crippen LogP contribution in [-0.2, 0) is 27.3 Å². The van der Waals surface area contributed by atoms with E-state index in [1.165, 1.54) is 4.90 Å². The van der Waals surface area contributed by atoms with Crippen molar-refractivity contribution in [2.75, 3.05) is 39.7 Å². The first kappa shape index (κ1) is 30.9. The molecule has 0 aliphatic heterocycles. The number of anilines is 1. The molecular formula is C28H41N4O8P. The van der Waals surface area contributed by atoms with Crippen LogP contribution in [0.2, 0.25) is 0 Å². The van der Waals surface area contributed by atoms with E-state index >= 15 is 0 Å². The number of carbonyl (C=O) groups excluding carboxylic acids is 3. The molecule has 3 aliphatic carbocycles. The molecule has 3 aliphatic rings. The van der Waals surface area contributed by atoms with Gasteiger partial charge in [-0.15, -0.1) is 0 Å². The molecule has 12 nitrogen and oxygen atoms in total. The number of hydrogen-bond acceptors (Lipinski definition) is 11. The van der Waals surface area contributed by atoms with Crippen LogP contribution >= 0.6 is 9.84 Å². The topological polar surface area (TPSA) is 197 Å². The van der Waals surface area contributed by atoms with E-state index in [0.29, 0.717) is 23.2 Å². The van der Waals surface area contributed by atoms with Gasteiger partial charge in [0.2, 0.25) is 5.78 Å². The predicted molar refractivity (Wildman–Crippen MR) is 158 cm³/mol. The van der Waals surface area contributed by atoms with Crippen molar-refractivity contribution in [1.29, 1.82) is 1.28 Å². The van der Waals surface area contributed by atoms with Crippen molar-refractivity contribution in [3.8, 4) is 5.75 Å². The molecule has 1 fully saturated rings. The Hall–Kier alpha value is -3.02. The van der Waals surface area contributed by atoms with Gasteiger partial charge < -0.3 is 41.5 Å². The fourth-order valence-electron chi connectivity index (χ4n) is 6.46. The second-order valence-corrected chi connectivity index (χ2v) is 11.4. The number of benzene rings is 1. The summed E-state index contributed by atoms with van der Waals surface area (Å²) in [5.41, 5.74) is 3.47. The van der Waals surface area contributed by atoms with Crippen molar-refractivity contribution in [3.05, 3.63) is 39.7 Å². The van der Waals surface area contributed by atoms with Gasteiger partial charge in [-0.2, -0.15) is 9.84 Å².